The lowest BCUT2D eigenvalue weighted by molar-refractivity contribution is 0.472. The minimum absolute atomic E-state index is 0.0260. The van der Waals surface area contributed by atoms with Crippen LogP contribution in [0.25, 0.3) is 11.1 Å². The second-order valence-electron chi connectivity index (χ2n) is 3.23. The fourth-order valence-electron chi connectivity index (χ4n) is 1.50. The Morgan fingerprint density at radius 1 is 0.875 bits per heavy atom. The molecule has 2 aromatic rings. The molecule has 0 aliphatic rings. The van der Waals surface area contributed by atoms with Crippen molar-refractivity contribution in [2.45, 2.75) is 0 Å². The van der Waals surface area contributed by atoms with Crippen LogP contribution in [0.15, 0.2) is 36.4 Å². The summed E-state index contributed by atoms with van der Waals surface area (Å²) in [7, 11) is 0. The van der Waals surface area contributed by atoms with E-state index >= 15 is 0 Å². The molecule has 0 unspecified atom stereocenters. The van der Waals surface area contributed by atoms with Crippen LogP contribution in [0, 0.1) is 5.82 Å². The van der Waals surface area contributed by atoms with E-state index in [1.807, 2.05) is 0 Å². The van der Waals surface area contributed by atoms with Crippen LogP contribution in [0.5, 0.6) is 5.75 Å². The highest BCUT2D eigenvalue weighted by Gasteiger charge is 2.16. The third-order valence-electron chi connectivity index (χ3n) is 2.20. The summed E-state index contributed by atoms with van der Waals surface area (Å²) in [6.07, 6.45) is 0. The van der Waals surface area contributed by atoms with Gasteiger partial charge in [-0.15, -0.1) is 0 Å². The largest absolute Gasteiger partial charge is 0.507 e. The van der Waals surface area contributed by atoms with E-state index in [9.17, 15) is 9.50 Å². The lowest BCUT2D eigenvalue weighted by atomic mass is 10.0. The molecule has 0 aromatic heterocycles. The molecule has 0 bridgehead atoms. The van der Waals surface area contributed by atoms with Crippen molar-refractivity contribution >= 4 is 23.2 Å². The van der Waals surface area contributed by atoms with Crippen LogP contribution in [-0.4, -0.2) is 5.11 Å². The van der Waals surface area contributed by atoms with Gasteiger partial charge in [0, 0.05) is 5.56 Å². The topological polar surface area (TPSA) is 20.2 Å². The fourth-order valence-corrected chi connectivity index (χ4v) is 2.08. The first-order chi connectivity index (χ1) is 7.61. The Morgan fingerprint density at radius 2 is 1.44 bits per heavy atom. The van der Waals surface area contributed by atoms with Gasteiger partial charge in [-0.3, -0.25) is 0 Å². The molecule has 0 atom stereocenters. The number of phenols is 1. The Labute approximate surface area is 102 Å². The zero-order valence-electron chi connectivity index (χ0n) is 8.05. The monoisotopic (exact) mass is 256 g/mol. The standard InChI is InChI=1S/C12H7Cl2FO/c13-7-3-1-4-8(14)11(7)12-9(15)5-2-6-10(12)16/h1-6,16H. The van der Waals surface area contributed by atoms with Crippen molar-refractivity contribution in [2.24, 2.45) is 0 Å². The summed E-state index contributed by atoms with van der Waals surface area (Å²) in [5, 5.41) is 10.2. The predicted molar refractivity (Wildman–Crippen MR) is 63.5 cm³/mol. The molecule has 0 radical (unpaired) electrons. The number of hydrogen-bond donors (Lipinski definition) is 1. The molecule has 0 fully saturated rings. The summed E-state index contributed by atoms with van der Waals surface area (Å²) in [6.45, 7) is 0. The maximum Gasteiger partial charge on any atom is 0.134 e. The molecule has 4 heteroatoms. The van der Waals surface area contributed by atoms with Gasteiger partial charge in [0.25, 0.3) is 0 Å². The number of hydrogen-bond acceptors (Lipinski definition) is 1. The molecule has 82 valence electrons. The van der Waals surface area contributed by atoms with Gasteiger partial charge in [0.15, 0.2) is 0 Å². The minimum atomic E-state index is -0.560. The molecule has 0 spiro atoms. The van der Waals surface area contributed by atoms with Gasteiger partial charge in [-0.1, -0.05) is 35.3 Å². The average Bonchev–Trinajstić information content (AvgIpc) is 2.21. The lowest BCUT2D eigenvalue weighted by Gasteiger charge is -2.09. The SMILES string of the molecule is Oc1cccc(F)c1-c1c(Cl)cccc1Cl. The van der Waals surface area contributed by atoms with Gasteiger partial charge in [0.05, 0.1) is 15.6 Å². The highest BCUT2D eigenvalue weighted by atomic mass is 35.5. The van der Waals surface area contributed by atoms with Crippen molar-refractivity contribution in [2.75, 3.05) is 0 Å². The maximum atomic E-state index is 13.6. The van der Waals surface area contributed by atoms with Crippen LogP contribution in [0.4, 0.5) is 4.39 Å². The minimum Gasteiger partial charge on any atom is -0.507 e. The quantitative estimate of drug-likeness (QED) is 0.797. The number of halogens is 3. The Bertz CT molecular complexity index is 451. The van der Waals surface area contributed by atoms with Gasteiger partial charge < -0.3 is 5.11 Å². The van der Waals surface area contributed by atoms with Crippen LogP contribution in [0.2, 0.25) is 10.0 Å². The van der Waals surface area contributed by atoms with Crippen LogP contribution in [0.1, 0.15) is 0 Å². The third-order valence-corrected chi connectivity index (χ3v) is 2.83. The molecule has 0 saturated heterocycles. The molecule has 0 heterocycles. The zero-order valence-corrected chi connectivity index (χ0v) is 9.56. The van der Waals surface area contributed by atoms with Gasteiger partial charge >= 0.3 is 0 Å². The van der Waals surface area contributed by atoms with Crippen molar-refractivity contribution < 1.29 is 9.50 Å². The van der Waals surface area contributed by atoms with E-state index in [0.717, 1.165) is 0 Å². The van der Waals surface area contributed by atoms with E-state index in [2.05, 4.69) is 0 Å². The molecule has 2 rings (SSSR count). The number of rotatable bonds is 1. The Morgan fingerprint density at radius 3 is 2.00 bits per heavy atom. The average molecular weight is 257 g/mol. The first-order valence-corrected chi connectivity index (χ1v) is 5.28. The van der Waals surface area contributed by atoms with Gasteiger partial charge in [-0.05, 0) is 24.3 Å². The first-order valence-electron chi connectivity index (χ1n) is 4.53. The van der Waals surface area contributed by atoms with Crippen LogP contribution < -0.4 is 0 Å². The third kappa shape index (κ3) is 1.86. The molecular weight excluding hydrogens is 250 g/mol. The second-order valence-corrected chi connectivity index (χ2v) is 4.05. The Hall–Kier alpha value is -1.25. The summed E-state index contributed by atoms with van der Waals surface area (Å²) in [5.41, 5.74) is 0.333. The van der Waals surface area contributed by atoms with Gasteiger partial charge in [-0.2, -0.15) is 0 Å². The number of phenolic OH excluding ortho intramolecular Hbond substituents is 1. The molecule has 2 aromatic carbocycles. The van der Waals surface area contributed by atoms with E-state index in [0.29, 0.717) is 15.6 Å². The zero-order chi connectivity index (χ0) is 11.7. The first kappa shape index (κ1) is 11.2. The smallest absolute Gasteiger partial charge is 0.134 e. The van der Waals surface area contributed by atoms with Gasteiger partial charge in [0.1, 0.15) is 11.6 Å². The Balaban J connectivity index is 2.77. The predicted octanol–water partition coefficient (Wildman–Crippen LogP) is 4.51. The highest BCUT2D eigenvalue weighted by molar-refractivity contribution is 6.39. The van der Waals surface area contributed by atoms with Crippen molar-refractivity contribution in [1.29, 1.82) is 0 Å². The van der Waals surface area contributed by atoms with Crippen molar-refractivity contribution in [1.82, 2.24) is 0 Å². The summed E-state index contributed by atoms with van der Waals surface area (Å²) >= 11 is 11.9. The Kier molecular flexibility index (Phi) is 3.03. The van der Waals surface area contributed by atoms with E-state index in [1.165, 1.54) is 18.2 Å². The summed E-state index contributed by atoms with van der Waals surface area (Å²) in [4.78, 5) is 0. The van der Waals surface area contributed by atoms with Crippen LogP contribution >= 0.6 is 23.2 Å². The number of aromatic hydroxyl groups is 1. The molecule has 1 N–H and O–H groups in total. The number of benzene rings is 2. The molecule has 0 amide bonds. The van der Waals surface area contributed by atoms with E-state index in [-0.39, 0.29) is 11.3 Å². The molecule has 0 aliphatic heterocycles. The summed E-state index contributed by atoms with van der Waals surface area (Å²) < 4.78 is 13.6. The van der Waals surface area contributed by atoms with E-state index in [4.69, 9.17) is 23.2 Å². The van der Waals surface area contributed by atoms with Crippen molar-refractivity contribution in [3.63, 3.8) is 0 Å². The lowest BCUT2D eigenvalue weighted by Crippen LogP contribution is -1.87. The normalized spacial score (nSPS) is 10.4. The fraction of sp³-hybridized carbons (Fsp3) is 0. The highest BCUT2D eigenvalue weighted by Crippen LogP contribution is 2.40. The van der Waals surface area contributed by atoms with Crippen LogP contribution in [-0.2, 0) is 0 Å². The van der Waals surface area contributed by atoms with Crippen molar-refractivity contribution in [3.8, 4) is 16.9 Å². The van der Waals surface area contributed by atoms with Crippen molar-refractivity contribution in [3.05, 3.63) is 52.3 Å². The molecule has 0 aliphatic carbocycles. The second kappa shape index (κ2) is 4.32. The molecular formula is C12H7Cl2FO. The summed E-state index contributed by atoms with van der Waals surface area (Å²) in [5.74, 6) is -0.745. The van der Waals surface area contributed by atoms with E-state index in [1.54, 1.807) is 18.2 Å². The summed E-state index contributed by atoms with van der Waals surface area (Å²) in [6, 6.07) is 8.89. The maximum absolute atomic E-state index is 13.6. The van der Waals surface area contributed by atoms with Crippen LogP contribution in [0.3, 0.4) is 0 Å². The van der Waals surface area contributed by atoms with E-state index < -0.39 is 5.82 Å². The molecule has 0 saturated carbocycles. The van der Waals surface area contributed by atoms with Gasteiger partial charge in [0.2, 0.25) is 0 Å². The molecule has 16 heavy (non-hydrogen) atoms. The van der Waals surface area contributed by atoms with Gasteiger partial charge in [-0.25, -0.2) is 4.39 Å². The molecule has 1 nitrogen and oxygen atoms in total.